The van der Waals surface area contributed by atoms with Gasteiger partial charge in [0.2, 0.25) is 0 Å². The largest absolute Gasteiger partial charge is 0.508 e. The van der Waals surface area contributed by atoms with Gasteiger partial charge in [-0.2, -0.15) is 0 Å². The van der Waals surface area contributed by atoms with E-state index in [0.29, 0.717) is 5.75 Å². The van der Waals surface area contributed by atoms with Crippen LogP contribution in [0.3, 0.4) is 0 Å². The molecule has 16 heavy (non-hydrogen) atoms. The minimum absolute atomic E-state index is 0.310. The second-order valence-electron chi connectivity index (χ2n) is 3.19. The van der Waals surface area contributed by atoms with Crippen molar-refractivity contribution in [2.45, 2.75) is 6.92 Å². The van der Waals surface area contributed by atoms with Gasteiger partial charge in [0.05, 0.1) is 0 Å². The van der Waals surface area contributed by atoms with Crippen molar-refractivity contribution in [3.63, 3.8) is 0 Å². The minimum Gasteiger partial charge on any atom is -0.508 e. The van der Waals surface area contributed by atoms with Crippen LogP contribution in [0.25, 0.3) is 10.8 Å². The van der Waals surface area contributed by atoms with E-state index in [4.69, 9.17) is 9.90 Å². The Bertz CT molecular complexity index is 463. The molecule has 3 nitrogen and oxygen atoms in total. The van der Waals surface area contributed by atoms with Gasteiger partial charge in [-0.3, -0.25) is 4.79 Å². The molecule has 0 bridgehead atoms. The van der Waals surface area contributed by atoms with Gasteiger partial charge in [-0.05, 0) is 35.0 Å². The van der Waals surface area contributed by atoms with Gasteiger partial charge in [-0.25, -0.2) is 0 Å². The van der Waals surface area contributed by atoms with E-state index >= 15 is 0 Å². The molecular formula is C12H11BrO3. The number of carboxylic acid groups (broad SMARTS) is 1. The summed E-state index contributed by atoms with van der Waals surface area (Å²) in [6.45, 7) is 1.08. The van der Waals surface area contributed by atoms with Crippen molar-refractivity contribution < 1.29 is 15.0 Å². The molecule has 0 saturated carbocycles. The molecule has 0 aliphatic carbocycles. The Morgan fingerprint density at radius 1 is 1.12 bits per heavy atom. The average molecular weight is 283 g/mol. The first-order chi connectivity index (χ1) is 7.49. The molecule has 0 aliphatic heterocycles. The molecule has 2 rings (SSSR count). The van der Waals surface area contributed by atoms with Crippen molar-refractivity contribution in [3.8, 4) is 5.75 Å². The highest BCUT2D eigenvalue weighted by Gasteiger charge is 1.94. The first kappa shape index (κ1) is 12.5. The standard InChI is InChI=1S/C10H7BrO.C2H4O2/c11-9-3-1-8-6-10(12)4-2-7(8)5-9;1-2(3)4/h1-6,12H;1H3,(H,3,4). The zero-order chi connectivity index (χ0) is 12.1. The summed E-state index contributed by atoms with van der Waals surface area (Å²) in [7, 11) is 0. The SMILES string of the molecule is CC(=O)O.Oc1ccc2cc(Br)ccc2c1. The fourth-order valence-electron chi connectivity index (χ4n) is 1.20. The summed E-state index contributed by atoms with van der Waals surface area (Å²) >= 11 is 3.39. The Morgan fingerprint density at radius 3 is 2.25 bits per heavy atom. The molecule has 0 unspecified atom stereocenters. The number of fused-ring (bicyclic) bond motifs is 1. The van der Waals surface area contributed by atoms with Gasteiger partial charge in [-0.15, -0.1) is 0 Å². The zero-order valence-electron chi connectivity index (χ0n) is 8.64. The maximum Gasteiger partial charge on any atom is 0.300 e. The molecule has 0 amide bonds. The molecule has 0 spiro atoms. The Morgan fingerprint density at radius 2 is 1.62 bits per heavy atom. The van der Waals surface area contributed by atoms with Crippen molar-refractivity contribution in [3.05, 3.63) is 40.9 Å². The van der Waals surface area contributed by atoms with E-state index in [-0.39, 0.29) is 0 Å². The third kappa shape index (κ3) is 3.90. The topological polar surface area (TPSA) is 57.5 Å². The molecular weight excluding hydrogens is 272 g/mol. The summed E-state index contributed by atoms with van der Waals surface area (Å²) in [5.41, 5.74) is 0. The number of benzene rings is 2. The number of hydrogen-bond donors (Lipinski definition) is 2. The van der Waals surface area contributed by atoms with Crippen LogP contribution in [0.1, 0.15) is 6.92 Å². The Hall–Kier alpha value is -1.55. The van der Waals surface area contributed by atoms with E-state index in [0.717, 1.165) is 22.2 Å². The molecule has 2 aromatic carbocycles. The average Bonchev–Trinajstić information content (AvgIpc) is 2.17. The Balaban J connectivity index is 0.000000280. The van der Waals surface area contributed by atoms with Crippen molar-refractivity contribution in [1.29, 1.82) is 0 Å². The zero-order valence-corrected chi connectivity index (χ0v) is 10.2. The van der Waals surface area contributed by atoms with E-state index in [2.05, 4.69) is 15.9 Å². The summed E-state index contributed by atoms with van der Waals surface area (Å²) in [5, 5.41) is 18.8. The number of phenolic OH excluding ortho intramolecular Hbond substituents is 1. The van der Waals surface area contributed by atoms with Gasteiger partial charge < -0.3 is 10.2 Å². The van der Waals surface area contributed by atoms with Gasteiger partial charge in [-0.1, -0.05) is 28.1 Å². The first-order valence-electron chi connectivity index (χ1n) is 4.57. The van der Waals surface area contributed by atoms with Crippen molar-refractivity contribution >= 4 is 32.7 Å². The van der Waals surface area contributed by atoms with E-state index in [9.17, 15) is 5.11 Å². The number of halogens is 1. The predicted molar refractivity (Wildman–Crippen MR) is 66.6 cm³/mol. The molecule has 0 fully saturated rings. The van der Waals surface area contributed by atoms with Gasteiger partial charge in [0.25, 0.3) is 5.97 Å². The number of carboxylic acids is 1. The van der Waals surface area contributed by atoms with Crippen LogP contribution in [0.5, 0.6) is 5.75 Å². The monoisotopic (exact) mass is 282 g/mol. The highest BCUT2D eigenvalue weighted by molar-refractivity contribution is 9.10. The highest BCUT2D eigenvalue weighted by atomic mass is 79.9. The molecule has 4 heteroatoms. The lowest BCUT2D eigenvalue weighted by Gasteiger charge is -1.98. The lowest BCUT2D eigenvalue weighted by atomic mass is 10.1. The van der Waals surface area contributed by atoms with E-state index in [1.807, 2.05) is 24.3 Å². The Kier molecular flexibility index (Phi) is 4.31. The van der Waals surface area contributed by atoms with Crippen LogP contribution in [0.4, 0.5) is 0 Å². The second kappa shape index (κ2) is 5.51. The Labute approximate surface area is 101 Å². The molecule has 84 valence electrons. The number of aromatic hydroxyl groups is 1. The lowest BCUT2D eigenvalue weighted by Crippen LogP contribution is -1.78. The third-order valence-corrected chi connectivity index (χ3v) is 2.28. The molecule has 2 aromatic rings. The van der Waals surface area contributed by atoms with Crippen LogP contribution in [0, 0.1) is 0 Å². The summed E-state index contributed by atoms with van der Waals surface area (Å²) in [6, 6.07) is 11.3. The van der Waals surface area contributed by atoms with Crippen molar-refractivity contribution in [1.82, 2.24) is 0 Å². The molecule has 0 atom stereocenters. The fourth-order valence-corrected chi connectivity index (χ4v) is 1.58. The van der Waals surface area contributed by atoms with Gasteiger partial charge in [0, 0.05) is 11.4 Å². The van der Waals surface area contributed by atoms with Crippen molar-refractivity contribution in [2.75, 3.05) is 0 Å². The molecule has 0 radical (unpaired) electrons. The highest BCUT2D eigenvalue weighted by Crippen LogP contribution is 2.22. The van der Waals surface area contributed by atoms with E-state index in [1.165, 1.54) is 0 Å². The summed E-state index contributed by atoms with van der Waals surface area (Å²) in [4.78, 5) is 9.00. The van der Waals surface area contributed by atoms with Crippen molar-refractivity contribution in [2.24, 2.45) is 0 Å². The quantitative estimate of drug-likeness (QED) is 0.779. The molecule has 0 saturated heterocycles. The lowest BCUT2D eigenvalue weighted by molar-refractivity contribution is -0.134. The van der Waals surface area contributed by atoms with Crippen LogP contribution >= 0.6 is 15.9 Å². The van der Waals surface area contributed by atoms with Gasteiger partial charge in [0.1, 0.15) is 5.75 Å². The number of hydrogen-bond acceptors (Lipinski definition) is 2. The van der Waals surface area contributed by atoms with Crippen LogP contribution in [-0.4, -0.2) is 16.2 Å². The fraction of sp³-hybridized carbons (Fsp3) is 0.0833. The van der Waals surface area contributed by atoms with Gasteiger partial charge >= 0.3 is 0 Å². The molecule has 0 heterocycles. The van der Waals surface area contributed by atoms with E-state index < -0.39 is 5.97 Å². The predicted octanol–water partition coefficient (Wildman–Crippen LogP) is 3.40. The number of rotatable bonds is 0. The summed E-state index contributed by atoms with van der Waals surface area (Å²) < 4.78 is 1.06. The number of phenols is 1. The van der Waals surface area contributed by atoms with Crippen LogP contribution < -0.4 is 0 Å². The van der Waals surface area contributed by atoms with E-state index in [1.54, 1.807) is 12.1 Å². The smallest absolute Gasteiger partial charge is 0.300 e. The molecule has 2 N–H and O–H groups in total. The van der Waals surface area contributed by atoms with Gasteiger partial charge in [0.15, 0.2) is 0 Å². The first-order valence-corrected chi connectivity index (χ1v) is 5.36. The summed E-state index contributed by atoms with van der Waals surface area (Å²) in [5.74, 6) is -0.523. The second-order valence-corrected chi connectivity index (χ2v) is 4.11. The number of carbonyl (C=O) groups is 1. The van der Waals surface area contributed by atoms with Crippen LogP contribution in [0.15, 0.2) is 40.9 Å². The maximum absolute atomic E-state index is 9.19. The molecule has 0 aliphatic rings. The minimum atomic E-state index is -0.833. The summed E-state index contributed by atoms with van der Waals surface area (Å²) in [6.07, 6.45) is 0. The third-order valence-electron chi connectivity index (χ3n) is 1.79. The normalized spacial score (nSPS) is 9.38. The van der Waals surface area contributed by atoms with Crippen LogP contribution in [0.2, 0.25) is 0 Å². The number of aliphatic carboxylic acids is 1. The van der Waals surface area contributed by atoms with Crippen LogP contribution in [-0.2, 0) is 4.79 Å². The maximum atomic E-state index is 9.19. The molecule has 0 aromatic heterocycles.